The summed E-state index contributed by atoms with van der Waals surface area (Å²) in [6, 6.07) is 99.3. The van der Waals surface area contributed by atoms with Crippen molar-refractivity contribution in [3.8, 4) is 67.5 Å². The first-order chi connectivity index (χ1) is 38.7. The van der Waals surface area contributed by atoms with Crippen LogP contribution < -0.4 is 14.4 Å². The molecule has 78 heavy (non-hydrogen) atoms. The van der Waals surface area contributed by atoms with Gasteiger partial charge in [0.1, 0.15) is 34.2 Å². The lowest BCUT2D eigenvalue weighted by Crippen LogP contribution is -2.32. The van der Waals surface area contributed by atoms with E-state index in [1.165, 1.54) is 44.5 Å². The third kappa shape index (κ3) is 5.68. The summed E-state index contributed by atoms with van der Waals surface area (Å²) in [7, 11) is 0. The first kappa shape index (κ1) is 43.1. The predicted octanol–water partition coefficient (Wildman–Crippen LogP) is 19.3. The highest BCUT2D eigenvalue weighted by Crippen LogP contribution is 2.66. The number of rotatable bonds is 5. The number of ether oxygens (including phenoxy) is 2. The average Bonchev–Trinajstić information content (AvgIpc) is 4.06. The minimum atomic E-state index is -0.640. The minimum Gasteiger partial charge on any atom is -0.457 e. The molecule has 0 N–H and O–H groups in total. The zero-order valence-electron chi connectivity index (χ0n) is 42.2. The molecule has 0 atom stereocenters. The quantitative estimate of drug-likeness (QED) is 0.172. The molecule has 13 aromatic rings. The van der Waals surface area contributed by atoms with Gasteiger partial charge in [0, 0.05) is 49.8 Å². The van der Waals surface area contributed by atoms with E-state index in [0.29, 0.717) is 0 Å². The van der Waals surface area contributed by atoms with Gasteiger partial charge in [-0.3, -0.25) is 0 Å². The molecule has 4 heteroatoms. The monoisotopic (exact) mass is 995 g/mol. The van der Waals surface area contributed by atoms with Crippen molar-refractivity contribution in [2.45, 2.75) is 10.8 Å². The van der Waals surface area contributed by atoms with Crippen molar-refractivity contribution in [1.29, 1.82) is 0 Å². The Bertz CT molecular complexity index is 4570. The molecule has 2 aliphatic heterocycles. The number of hydrogen-bond donors (Lipinski definition) is 0. The number of furan rings is 1. The van der Waals surface area contributed by atoms with E-state index in [1.54, 1.807) is 0 Å². The highest BCUT2D eigenvalue weighted by molar-refractivity contribution is 6.12. The van der Waals surface area contributed by atoms with Gasteiger partial charge in [-0.15, -0.1) is 0 Å². The fraction of sp³-hybridized carbons (Fsp3) is 0.0270. The van der Waals surface area contributed by atoms with Gasteiger partial charge in [-0.25, -0.2) is 0 Å². The summed E-state index contributed by atoms with van der Waals surface area (Å²) in [5, 5.41) is 2.23. The Kier molecular flexibility index (Phi) is 8.94. The maximum Gasteiger partial charge on any atom is 0.136 e. The zero-order valence-corrected chi connectivity index (χ0v) is 42.2. The molecule has 17 rings (SSSR count). The molecule has 4 nitrogen and oxygen atoms in total. The second-order valence-electron chi connectivity index (χ2n) is 20.9. The second kappa shape index (κ2) is 16.2. The van der Waals surface area contributed by atoms with Gasteiger partial charge < -0.3 is 18.8 Å². The van der Waals surface area contributed by atoms with Gasteiger partial charge in [0.15, 0.2) is 0 Å². The van der Waals surface area contributed by atoms with E-state index in [0.717, 1.165) is 107 Å². The van der Waals surface area contributed by atoms with Crippen LogP contribution in [0.2, 0.25) is 0 Å². The molecule has 0 fully saturated rings. The largest absolute Gasteiger partial charge is 0.457 e. The summed E-state index contributed by atoms with van der Waals surface area (Å²) in [4.78, 5) is 2.51. The van der Waals surface area contributed by atoms with E-state index >= 15 is 0 Å². The number of fused-ring (bicyclic) bond motifs is 21. The second-order valence-corrected chi connectivity index (χ2v) is 20.9. The van der Waals surface area contributed by atoms with Crippen molar-refractivity contribution in [3.05, 3.63) is 317 Å². The van der Waals surface area contributed by atoms with Crippen molar-refractivity contribution in [1.82, 2.24) is 0 Å². The van der Waals surface area contributed by atoms with Crippen molar-refractivity contribution < 1.29 is 13.9 Å². The molecule has 1 aromatic heterocycles. The summed E-state index contributed by atoms with van der Waals surface area (Å²) in [6.45, 7) is 0. The smallest absolute Gasteiger partial charge is 0.136 e. The summed E-state index contributed by atoms with van der Waals surface area (Å²) in [5.74, 6) is 3.51. The molecule has 3 heterocycles. The van der Waals surface area contributed by atoms with E-state index in [2.05, 4.69) is 272 Å². The Morgan fingerprint density at radius 2 is 0.731 bits per heavy atom. The van der Waals surface area contributed by atoms with Gasteiger partial charge in [-0.1, -0.05) is 206 Å². The molecular formula is C74H45NO3. The molecular weight excluding hydrogens is 951 g/mol. The van der Waals surface area contributed by atoms with Crippen LogP contribution in [-0.2, 0) is 10.8 Å². The number of anilines is 3. The van der Waals surface area contributed by atoms with Crippen LogP contribution in [0.1, 0.15) is 44.5 Å². The van der Waals surface area contributed by atoms with Crippen molar-refractivity contribution in [3.63, 3.8) is 0 Å². The van der Waals surface area contributed by atoms with Gasteiger partial charge in [-0.05, 0) is 122 Å². The van der Waals surface area contributed by atoms with Gasteiger partial charge in [0.25, 0.3) is 0 Å². The SMILES string of the molecule is c1ccc2c(c1)Oc1ccccc1C21c2ccccc2-c2cc(-c3ccccc3N(c3ccc(-c4cccc5oc6ccccc6c45)cc3)c3cccc4c3-c3ccccc3C43c4ccccc4Oc4ccccc43)ccc21. The summed E-state index contributed by atoms with van der Waals surface area (Å²) in [6.07, 6.45) is 0. The number of para-hydroxylation sites is 6. The Labute approximate surface area is 451 Å². The summed E-state index contributed by atoms with van der Waals surface area (Å²) < 4.78 is 19.9. The Morgan fingerprint density at radius 1 is 0.282 bits per heavy atom. The number of hydrogen-bond acceptors (Lipinski definition) is 4. The molecule has 0 amide bonds. The number of nitrogens with zero attached hydrogens (tertiary/aromatic N) is 1. The standard InChI is InChI=1S/C74H45NO3/c1-5-24-55-51(20-1)54-45-47(41-44-57(54)73(55)58-26-7-13-34-66(58)77-67-35-14-8-27-59(67)73)49-19-3-11-31-63(49)75(48-42-39-46(40-43-48)50-23-17-38-70-71(50)53-22-4-12-33-65(53)76-70)64-32-18-30-62-72(64)52-21-2-6-25-56(52)74(62)60-28-9-15-36-68(60)78-69-37-16-10-29-61(69)74/h1-45H. The minimum absolute atomic E-state index is 0.564. The molecule has 0 saturated heterocycles. The molecule has 2 aliphatic carbocycles. The molecule has 0 bridgehead atoms. The van der Waals surface area contributed by atoms with Crippen LogP contribution in [-0.4, -0.2) is 0 Å². The lowest BCUT2D eigenvalue weighted by Gasteiger charge is -2.39. The van der Waals surface area contributed by atoms with Gasteiger partial charge in [-0.2, -0.15) is 0 Å². The van der Waals surface area contributed by atoms with Crippen LogP contribution in [0.3, 0.4) is 0 Å². The van der Waals surface area contributed by atoms with Crippen LogP contribution in [0, 0.1) is 0 Å². The molecule has 4 aliphatic rings. The third-order valence-electron chi connectivity index (χ3n) is 17.2. The molecule has 364 valence electrons. The van der Waals surface area contributed by atoms with E-state index in [4.69, 9.17) is 13.9 Å². The predicted molar refractivity (Wildman–Crippen MR) is 314 cm³/mol. The molecule has 12 aromatic carbocycles. The van der Waals surface area contributed by atoms with Gasteiger partial charge in [0.2, 0.25) is 0 Å². The Hall–Kier alpha value is -10.2. The highest BCUT2D eigenvalue weighted by atomic mass is 16.5. The maximum atomic E-state index is 6.77. The van der Waals surface area contributed by atoms with E-state index in [9.17, 15) is 0 Å². The van der Waals surface area contributed by atoms with Gasteiger partial charge in [0.05, 0.1) is 22.2 Å². The first-order valence-electron chi connectivity index (χ1n) is 26.8. The fourth-order valence-electron chi connectivity index (χ4n) is 14.2. The van der Waals surface area contributed by atoms with Crippen LogP contribution >= 0.6 is 0 Å². The third-order valence-corrected chi connectivity index (χ3v) is 17.2. The highest BCUT2D eigenvalue weighted by Gasteiger charge is 2.53. The molecule has 2 spiro atoms. The van der Waals surface area contributed by atoms with Crippen molar-refractivity contribution in [2.24, 2.45) is 0 Å². The first-order valence-corrected chi connectivity index (χ1v) is 26.8. The lowest BCUT2D eigenvalue weighted by molar-refractivity contribution is 0.436. The fourth-order valence-corrected chi connectivity index (χ4v) is 14.2. The lowest BCUT2D eigenvalue weighted by atomic mass is 9.66. The van der Waals surface area contributed by atoms with Crippen LogP contribution in [0.15, 0.2) is 277 Å². The Balaban J connectivity index is 0.908. The van der Waals surface area contributed by atoms with Crippen LogP contribution in [0.4, 0.5) is 17.1 Å². The summed E-state index contributed by atoms with van der Waals surface area (Å²) in [5.41, 5.74) is 22.6. The zero-order chi connectivity index (χ0) is 51.1. The van der Waals surface area contributed by atoms with Crippen LogP contribution in [0.5, 0.6) is 23.0 Å². The summed E-state index contributed by atoms with van der Waals surface area (Å²) >= 11 is 0. The molecule has 0 radical (unpaired) electrons. The topological polar surface area (TPSA) is 34.8 Å². The maximum absolute atomic E-state index is 6.77. The van der Waals surface area contributed by atoms with Crippen LogP contribution in [0.25, 0.3) is 66.4 Å². The Morgan fingerprint density at radius 3 is 1.40 bits per heavy atom. The molecule has 0 unspecified atom stereocenters. The average molecular weight is 996 g/mol. The van der Waals surface area contributed by atoms with E-state index < -0.39 is 10.8 Å². The molecule has 0 saturated carbocycles. The van der Waals surface area contributed by atoms with Crippen molar-refractivity contribution in [2.75, 3.05) is 4.90 Å². The van der Waals surface area contributed by atoms with Crippen molar-refractivity contribution >= 4 is 39.0 Å². The van der Waals surface area contributed by atoms with Gasteiger partial charge >= 0.3 is 0 Å². The normalized spacial score (nSPS) is 14.1. The van der Waals surface area contributed by atoms with E-state index in [-0.39, 0.29) is 0 Å². The van der Waals surface area contributed by atoms with E-state index in [1.807, 2.05) is 6.07 Å². The number of benzene rings is 12.